The maximum absolute atomic E-state index is 12.9. The number of halogens is 1. The average Bonchev–Trinajstić information content (AvgIpc) is 2.86. The van der Waals surface area contributed by atoms with Crippen LogP contribution < -0.4 is 5.32 Å². The molecule has 0 aliphatic heterocycles. The first kappa shape index (κ1) is 15.9. The van der Waals surface area contributed by atoms with Crippen molar-refractivity contribution in [2.75, 3.05) is 5.32 Å². The van der Waals surface area contributed by atoms with Crippen LogP contribution in [0.15, 0.2) is 28.7 Å². The lowest BCUT2D eigenvalue weighted by atomic mass is 10.2. The molecule has 0 spiro atoms. The van der Waals surface area contributed by atoms with Crippen molar-refractivity contribution in [3.63, 3.8) is 0 Å². The minimum absolute atomic E-state index is 0.0951. The van der Waals surface area contributed by atoms with Crippen molar-refractivity contribution in [2.45, 2.75) is 39.3 Å². The number of aromatic nitrogens is 2. The van der Waals surface area contributed by atoms with Gasteiger partial charge in [0.05, 0.1) is 0 Å². The molecule has 6 nitrogen and oxygen atoms in total. The highest BCUT2D eigenvalue weighted by Crippen LogP contribution is 2.20. The van der Waals surface area contributed by atoms with Gasteiger partial charge in [-0.25, -0.2) is 9.18 Å². The summed E-state index contributed by atoms with van der Waals surface area (Å²) in [6, 6.07) is 5.12. The van der Waals surface area contributed by atoms with Crippen LogP contribution in [0.5, 0.6) is 0 Å². The van der Waals surface area contributed by atoms with Gasteiger partial charge in [0.1, 0.15) is 17.5 Å². The molecule has 0 aliphatic carbocycles. The van der Waals surface area contributed by atoms with Gasteiger partial charge in [0.15, 0.2) is 0 Å². The first-order valence-electron chi connectivity index (χ1n) is 6.83. The van der Waals surface area contributed by atoms with Gasteiger partial charge in [-0.15, -0.1) is 5.10 Å². The van der Waals surface area contributed by atoms with Gasteiger partial charge < -0.3 is 14.5 Å². The molecular weight excluding hydrogens is 289 g/mol. The molecule has 0 bridgehead atoms. The highest BCUT2D eigenvalue weighted by atomic mass is 19.1. The van der Waals surface area contributed by atoms with Crippen molar-refractivity contribution < 1.29 is 18.3 Å². The molecule has 1 atom stereocenters. The molecule has 118 valence electrons. The molecule has 2 rings (SSSR count). The molecule has 0 aliphatic rings. The molecule has 1 aromatic heterocycles. The lowest BCUT2D eigenvalue weighted by molar-refractivity contribution is -0.155. The fourth-order valence-corrected chi connectivity index (χ4v) is 1.62. The van der Waals surface area contributed by atoms with Gasteiger partial charge in [-0.1, -0.05) is 5.10 Å². The van der Waals surface area contributed by atoms with Gasteiger partial charge in [-0.2, -0.15) is 0 Å². The van der Waals surface area contributed by atoms with Gasteiger partial charge >= 0.3 is 12.0 Å². The van der Waals surface area contributed by atoms with Crippen LogP contribution in [0, 0.1) is 5.82 Å². The SMILES string of the molecule is C[C@@H](Nc1nnc(-c2ccc(F)cc2)o1)C(=O)OC(C)(C)C. The Balaban J connectivity index is 2.03. The van der Waals surface area contributed by atoms with Crippen molar-refractivity contribution >= 4 is 12.0 Å². The molecular formula is C15H18FN3O3. The topological polar surface area (TPSA) is 77.3 Å². The Bertz CT molecular complexity index is 647. The molecule has 0 saturated carbocycles. The van der Waals surface area contributed by atoms with Crippen molar-refractivity contribution in [2.24, 2.45) is 0 Å². The van der Waals surface area contributed by atoms with E-state index in [4.69, 9.17) is 9.15 Å². The zero-order chi connectivity index (χ0) is 16.3. The van der Waals surface area contributed by atoms with E-state index in [9.17, 15) is 9.18 Å². The lowest BCUT2D eigenvalue weighted by Gasteiger charge is -2.22. The number of hydrogen-bond donors (Lipinski definition) is 1. The number of benzene rings is 1. The average molecular weight is 307 g/mol. The van der Waals surface area contributed by atoms with E-state index in [1.165, 1.54) is 24.3 Å². The Morgan fingerprint density at radius 3 is 2.50 bits per heavy atom. The second-order valence-electron chi connectivity index (χ2n) is 5.82. The first-order chi connectivity index (χ1) is 10.2. The van der Waals surface area contributed by atoms with E-state index in [0.29, 0.717) is 5.56 Å². The number of nitrogens with one attached hydrogen (secondary N) is 1. The second kappa shape index (κ2) is 6.13. The van der Waals surface area contributed by atoms with E-state index in [1.807, 2.05) is 0 Å². The van der Waals surface area contributed by atoms with E-state index >= 15 is 0 Å². The monoisotopic (exact) mass is 307 g/mol. The first-order valence-corrected chi connectivity index (χ1v) is 6.83. The maximum Gasteiger partial charge on any atom is 0.328 e. The van der Waals surface area contributed by atoms with Crippen molar-refractivity contribution in [3.8, 4) is 11.5 Å². The highest BCUT2D eigenvalue weighted by molar-refractivity contribution is 5.78. The molecule has 7 heteroatoms. The van der Waals surface area contributed by atoms with Gasteiger partial charge in [0, 0.05) is 5.56 Å². The Labute approximate surface area is 127 Å². The molecule has 0 saturated heterocycles. The second-order valence-corrected chi connectivity index (χ2v) is 5.82. The number of esters is 1. The predicted molar refractivity (Wildman–Crippen MR) is 78.6 cm³/mol. The van der Waals surface area contributed by atoms with Crippen molar-refractivity contribution in [3.05, 3.63) is 30.1 Å². The third kappa shape index (κ3) is 4.28. The highest BCUT2D eigenvalue weighted by Gasteiger charge is 2.23. The summed E-state index contributed by atoms with van der Waals surface area (Å²) in [5.74, 6) is -0.534. The van der Waals surface area contributed by atoms with Crippen LogP contribution in [0.2, 0.25) is 0 Å². The number of carbonyl (C=O) groups is 1. The van der Waals surface area contributed by atoms with Gasteiger partial charge in [-0.3, -0.25) is 0 Å². The van der Waals surface area contributed by atoms with E-state index in [2.05, 4.69) is 15.5 Å². The van der Waals surface area contributed by atoms with Crippen molar-refractivity contribution in [1.29, 1.82) is 0 Å². The third-order valence-corrected chi connectivity index (χ3v) is 2.62. The normalized spacial score (nSPS) is 12.8. The van der Waals surface area contributed by atoms with Crippen LogP contribution in [0.4, 0.5) is 10.4 Å². The third-order valence-electron chi connectivity index (χ3n) is 2.62. The number of nitrogens with zero attached hydrogens (tertiary/aromatic N) is 2. The summed E-state index contributed by atoms with van der Waals surface area (Å²) >= 11 is 0. The minimum Gasteiger partial charge on any atom is -0.458 e. The van der Waals surface area contributed by atoms with Crippen LogP contribution in [0.3, 0.4) is 0 Å². The van der Waals surface area contributed by atoms with Crippen LogP contribution in [0.25, 0.3) is 11.5 Å². The van der Waals surface area contributed by atoms with E-state index in [-0.39, 0.29) is 17.7 Å². The summed E-state index contributed by atoms with van der Waals surface area (Å²) in [6.07, 6.45) is 0. The number of carbonyl (C=O) groups excluding carboxylic acids is 1. The van der Waals surface area contributed by atoms with Crippen LogP contribution in [-0.4, -0.2) is 27.8 Å². The van der Waals surface area contributed by atoms with Crippen LogP contribution >= 0.6 is 0 Å². The summed E-state index contributed by atoms with van der Waals surface area (Å²) in [5, 5.41) is 10.4. The van der Waals surface area contributed by atoms with Crippen molar-refractivity contribution in [1.82, 2.24) is 10.2 Å². The fourth-order valence-electron chi connectivity index (χ4n) is 1.62. The number of rotatable bonds is 4. The molecule has 0 fully saturated rings. The molecule has 1 N–H and O–H groups in total. The number of anilines is 1. The lowest BCUT2D eigenvalue weighted by Crippen LogP contribution is -2.34. The van der Waals surface area contributed by atoms with Gasteiger partial charge in [0.25, 0.3) is 0 Å². The number of ether oxygens (including phenoxy) is 1. The van der Waals surface area contributed by atoms with Gasteiger partial charge in [-0.05, 0) is 52.0 Å². The van der Waals surface area contributed by atoms with E-state index < -0.39 is 17.6 Å². The summed E-state index contributed by atoms with van der Waals surface area (Å²) in [5.41, 5.74) is 0.0214. The van der Waals surface area contributed by atoms with E-state index in [0.717, 1.165) is 0 Å². The zero-order valence-corrected chi connectivity index (χ0v) is 12.9. The van der Waals surface area contributed by atoms with Crippen LogP contribution in [0.1, 0.15) is 27.7 Å². The summed E-state index contributed by atoms with van der Waals surface area (Å²) in [4.78, 5) is 11.9. The maximum atomic E-state index is 12.9. The molecule has 0 radical (unpaired) electrons. The summed E-state index contributed by atoms with van der Waals surface area (Å²) in [7, 11) is 0. The Morgan fingerprint density at radius 2 is 1.91 bits per heavy atom. The largest absolute Gasteiger partial charge is 0.458 e. The quantitative estimate of drug-likeness (QED) is 0.875. The Morgan fingerprint density at radius 1 is 1.27 bits per heavy atom. The van der Waals surface area contributed by atoms with Gasteiger partial charge in [0.2, 0.25) is 5.89 Å². The fraction of sp³-hybridized carbons (Fsp3) is 0.400. The van der Waals surface area contributed by atoms with Crippen LogP contribution in [-0.2, 0) is 9.53 Å². The Hall–Kier alpha value is -2.44. The van der Waals surface area contributed by atoms with E-state index in [1.54, 1.807) is 27.7 Å². The Kier molecular flexibility index (Phi) is 4.44. The smallest absolute Gasteiger partial charge is 0.328 e. The number of hydrogen-bond acceptors (Lipinski definition) is 6. The zero-order valence-electron chi connectivity index (χ0n) is 12.9. The molecule has 0 unspecified atom stereocenters. The molecule has 0 amide bonds. The minimum atomic E-state index is -0.638. The summed E-state index contributed by atoms with van der Waals surface area (Å²) < 4.78 is 23.5. The predicted octanol–water partition coefficient (Wildman–Crippen LogP) is 3.02. The molecule has 1 aromatic carbocycles. The molecule has 2 aromatic rings. The summed E-state index contributed by atoms with van der Waals surface area (Å²) in [6.45, 7) is 7.00. The molecule has 1 heterocycles. The molecule has 22 heavy (non-hydrogen) atoms. The standard InChI is InChI=1S/C15H18FN3O3/c1-9(13(20)22-15(2,3)4)17-14-19-18-12(21-14)10-5-7-11(16)8-6-10/h5-9H,1-4H3,(H,17,19)/t9-/m1/s1.